The van der Waals surface area contributed by atoms with Crippen LogP contribution in [0.5, 0.6) is 0 Å². The summed E-state index contributed by atoms with van der Waals surface area (Å²) in [5.74, 6) is 0. The Morgan fingerprint density at radius 2 is 1.95 bits per heavy atom. The van der Waals surface area contributed by atoms with Gasteiger partial charge in [0.2, 0.25) is 0 Å². The second-order valence-corrected chi connectivity index (χ2v) is 4.63. The predicted octanol–water partition coefficient (Wildman–Crippen LogP) is 3.59. The van der Waals surface area contributed by atoms with Gasteiger partial charge in [-0.15, -0.1) is 0 Å². The lowest BCUT2D eigenvalue weighted by molar-refractivity contribution is -0.384. The molecule has 0 unspecified atom stereocenters. The van der Waals surface area contributed by atoms with Gasteiger partial charge in [0.1, 0.15) is 0 Å². The molecule has 0 radical (unpaired) electrons. The lowest BCUT2D eigenvalue weighted by Gasteiger charge is -2.00. The summed E-state index contributed by atoms with van der Waals surface area (Å²) in [7, 11) is 0. The third-order valence-electron chi connectivity index (χ3n) is 3.11. The second-order valence-electron chi connectivity index (χ2n) is 4.63. The highest BCUT2D eigenvalue weighted by Crippen LogP contribution is 2.15. The van der Waals surface area contributed by atoms with Gasteiger partial charge < -0.3 is 0 Å². The summed E-state index contributed by atoms with van der Waals surface area (Å²) in [5.41, 5.74) is 5.45. The molecule has 3 aromatic rings. The number of nitro benzene ring substituents is 1. The van der Waals surface area contributed by atoms with E-state index in [1.165, 1.54) is 12.1 Å². The van der Waals surface area contributed by atoms with Crippen molar-refractivity contribution in [2.24, 2.45) is 5.10 Å². The van der Waals surface area contributed by atoms with Crippen molar-refractivity contribution in [1.82, 2.24) is 4.98 Å². The van der Waals surface area contributed by atoms with Crippen LogP contribution in [0.15, 0.2) is 65.9 Å². The zero-order chi connectivity index (χ0) is 15.4. The van der Waals surface area contributed by atoms with E-state index >= 15 is 0 Å². The van der Waals surface area contributed by atoms with E-state index in [4.69, 9.17) is 0 Å². The molecule has 0 aliphatic heterocycles. The molecule has 1 N–H and O–H groups in total. The Hall–Kier alpha value is -3.28. The van der Waals surface area contributed by atoms with Crippen molar-refractivity contribution in [2.75, 3.05) is 5.43 Å². The standard InChI is InChI=1S/C16H12N4O2/c21-20(22)15-6-4-14(5-7-15)19-18-11-12-3-8-16-13(10-12)2-1-9-17-16/h1-11,19H/b18-11-. The Morgan fingerprint density at radius 1 is 1.14 bits per heavy atom. The summed E-state index contributed by atoms with van der Waals surface area (Å²) in [4.78, 5) is 14.4. The molecule has 2 aromatic carbocycles. The minimum atomic E-state index is -0.434. The first kappa shape index (κ1) is 13.7. The summed E-state index contributed by atoms with van der Waals surface area (Å²) >= 11 is 0. The maximum Gasteiger partial charge on any atom is 0.269 e. The van der Waals surface area contributed by atoms with Gasteiger partial charge in [0.05, 0.1) is 22.3 Å². The van der Waals surface area contributed by atoms with Crippen LogP contribution in [-0.4, -0.2) is 16.1 Å². The van der Waals surface area contributed by atoms with Crippen LogP contribution in [0.3, 0.4) is 0 Å². The van der Waals surface area contributed by atoms with E-state index in [-0.39, 0.29) is 5.69 Å². The van der Waals surface area contributed by atoms with Crippen molar-refractivity contribution < 1.29 is 4.92 Å². The highest BCUT2D eigenvalue weighted by atomic mass is 16.6. The molecule has 6 heteroatoms. The number of nitrogens with zero attached hydrogens (tertiary/aromatic N) is 3. The van der Waals surface area contributed by atoms with E-state index in [2.05, 4.69) is 15.5 Å². The number of fused-ring (bicyclic) bond motifs is 1. The summed E-state index contributed by atoms with van der Waals surface area (Å²) < 4.78 is 0. The van der Waals surface area contributed by atoms with Crippen LogP contribution in [0, 0.1) is 10.1 Å². The van der Waals surface area contributed by atoms with Crippen LogP contribution < -0.4 is 5.43 Å². The average Bonchev–Trinajstić information content (AvgIpc) is 2.55. The smallest absolute Gasteiger partial charge is 0.269 e. The van der Waals surface area contributed by atoms with Gasteiger partial charge >= 0.3 is 0 Å². The van der Waals surface area contributed by atoms with E-state index in [1.54, 1.807) is 24.5 Å². The van der Waals surface area contributed by atoms with Crippen molar-refractivity contribution in [3.63, 3.8) is 0 Å². The van der Waals surface area contributed by atoms with Gasteiger partial charge in [-0.25, -0.2) is 0 Å². The maximum atomic E-state index is 10.6. The van der Waals surface area contributed by atoms with E-state index in [1.807, 2.05) is 30.3 Å². The molecule has 1 aromatic heterocycles. The zero-order valence-corrected chi connectivity index (χ0v) is 11.5. The third kappa shape index (κ3) is 3.06. The van der Waals surface area contributed by atoms with Gasteiger partial charge in [-0.1, -0.05) is 12.1 Å². The number of hydrazone groups is 1. The van der Waals surface area contributed by atoms with Crippen molar-refractivity contribution in [2.45, 2.75) is 0 Å². The van der Waals surface area contributed by atoms with Gasteiger partial charge in [-0.2, -0.15) is 5.10 Å². The zero-order valence-electron chi connectivity index (χ0n) is 11.5. The number of benzene rings is 2. The Labute approximate surface area is 126 Å². The molecule has 0 amide bonds. The fourth-order valence-corrected chi connectivity index (χ4v) is 2.01. The molecule has 0 bridgehead atoms. The molecule has 0 saturated heterocycles. The van der Waals surface area contributed by atoms with Gasteiger partial charge in [-0.05, 0) is 35.9 Å². The number of hydrogen-bond donors (Lipinski definition) is 1. The molecule has 0 fully saturated rings. The Balaban J connectivity index is 1.71. The van der Waals surface area contributed by atoms with Crippen LogP contribution in [0.2, 0.25) is 0 Å². The minimum absolute atomic E-state index is 0.0524. The largest absolute Gasteiger partial charge is 0.278 e. The molecule has 0 aliphatic carbocycles. The van der Waals surface area contributed by atoms with Crippen LogP contribution in [-0.2, 0) is 0 Å². The van der Waals surface area contributed by atoms with Crippen LogP contribution in [0.25, 0.3) is 10.9 Å². The Bertz CT molecular complexity index is 844. The molecule has 0 saturated carbocycles. The molecule has 22 heavy (non-hydrogen) atoms. The maximum absolute atomic E-state index is 10.6. The Kier molecular flexibility index (Phi) is 3.74. The number of non-ortho nitro benzene ring substituents is 1. The lowest BCUT2D eigenvalue weighted by atomic mass is 10.1. The SMILES string of the molecule is O=[N+]([O-])c1ccc(N/N=C\c2ccc3ncccc3c2)cc1. The van der Waals surface area contributed by atoms with Gasteiger partial charge in [0.25, 0.3) is 5.69 Å². The molecule has 3 rings (SSSR count). The number of rotatable bonds is 4. The second kappa shape index (κ2) is 6.01. The summed E-state index contributed by atoms with van der Waals surface area (Å²) in [5, 5.41) is 15.7. The fourth-order valence-electron chi connectivity index (χ4n) is 2.01. The summed E-state index contributed by atoms with van der Waals surface area (Å²) in [6.45, 7) is 0. The first-order chi connectivity index (χ1) is 10.7. The normalized spacial score (nSPS) is 10.9. The van der Waals surface area contributed by atoms with Crippen LogP contribution >= 0.6 is 0 Å². The fraction of sp³-hybridized carbons (Fsp3) is 0. The monoisotopic (exact) mass is 292 g/mol. The quantitative estimate of drug-likeness (QED) is 0.452. The summed E-state index contributed by atoms with van der Waals surface area (Å²) in [6, 6.07) is 15.8. The van der Waals surface area contributed by atoms with Crippen LogP contribution in [0.1, 0.15) is 5.56 Å². The van der Waals surface area contributed by atoms with Crippen molar-refractivity contribution in [3.8, 4) is 0 Å². The molecular weight excluding hydrogens is 280 g/mol. The number of aromatic nitrogens is 1. The topological polar surface area (TPSA) is 80.4 Å². The van der Waals surface area contributed by atoms with Gasteiger partial charge in [0, 0.05) is 23.7 Å². The molecule has 1 heterocycles. The average molecular weight is 292 g/mol. The van der Waals surface area contributed by atoms with Gasteiger partial charge in [0.15, 0.2) is 0 Å². The Morgan fingerprint density at radius 3 is 2.73 bits per heavy atom. The van der Waals surface area contributed by atoms with E-state index in [0.717, 1.165) is 16.5 Å². The number of pyridine rings is 1. The molecule has 0 spiro atoms. The van der Waals surface area contributed by atoms with E-state index in [0.29, 0.717) is 5.69 Å². The van der Waals surface area contributed by atoms with E-state index in [9.17, 15) is 10.1 Å². The number of nitrogens with one attached hydrogen (secondary N) is 1. The molecular formula is C16H12N4O2. The molecule has 108 valence electrons. The third-order valence-corrected chi connectivity index (χ3v) is 3.11. The number of nitro groups is 1. The minimum Gasteiger partial charge on any atom is -0.278 e. The van der Waals surface area contributed by atoms with Crippen molar-refractivity contribution >= 4 is 28.5 Å². The highest BCUT2D eigenvalue weighted by Gasteiger charge is 2.02. The molecule has 6 nitrogen and oxygen atoms in total. The molecule has 0 atom stereocenters. The predicted molar refractivity (Wildman–Crippen MR) is 86.1 cm³/mol. The number of anilines is 1. The highest BCUT2D eigenvalue weighted by molar-refractivity contribution is 5.88. The summed E-state index contributed by atoms with van der Waals surface area (Å²) in [6.07, 6.45) is 3.44. The van der Waals surface area contributed by atoms with E-state index < -0.39 is 4.92 Å². The first-order valence-electron chi connectivity index (χ1n) is 6.61. The van der Waals surface area contributed by atoms with Crippen molar-refractivity contribution in [1.29, 1.82) is 0 Å². The number of hydrogen-bond acceptors (Lipinski definition) is 5. The molecule has 0 aliphatic rings. The van der Waals surface area contributed by atoms with Crippen molar-refractivity contribution in [3.05, 3.63) is 76.5 Å². The van der Waals surface area contributed by atoms with Crippen LogP contribution in [0.4, 0.5) is 11.4 Å². The first-order valence-corrected chi connectivity index (χ1v) is 6.61. The van der Waals surface area contributed by atoms with Gasteiger partial charge in [-0.3, -0.25) is 20.5 Å². The lowest BCUT2D eigenvalue weighted by Crippen LogP contribution is -1.92.